The fraction of sp³-hybridized carbons (Fsp3) is 0.400. The fourth-order valence-electron chi connectivity index (χ4n) is 2.95. The zero-order valence-corrected chi connectivity index (χ0v) is 11.5. The number of benzene rings is 1. The van der Waals surface area contributed by atoms with Crippen LogP contribution in [0.1, 0.15) is 24.2 Å². The summed E-state index contributed by atoms with van der Waals surface area (Å²) in [5, 5.41) is 0.403. The van der Waals surface area contributed by atoms with Gasteiger partial charge in [-0.05, 0) is 18.1 Å². The van der Waals surface area contributed by atoms with E-state index in [0.29, 0.717) is 5.25 Å². The summed E-state index contributed by atoms with van der Waals surface area (Å²) >= 11 is 1.80. The molecule has 0 aliphatic carbocycles. The summed E-state index contributed by atoms with van der Waals surface area (Å²) in [6, 6.07) is 8.24. The maximum atomic E-state index is 12.6. The Hall–Kier alpha value is -1.22. The molecular formula is C15H17NOS. The largest absolute Gasteiger partial charge is 0.314 e. The van der Waals surface area contributed by atoms with Crippen molar-refractivity contribution in [3.63, 3.8) is 0 Å². The second-order valence-corrected chi connectivity index (χ2v) is 6.69. The van der Waals surface area contributed by atoms with Gasteiger partial charge in [0.05, 0.1) is 5.25 Å². The minimum Gasteiger partial charge on any atom is -0.314 e. The molecule has 1 aromatic rings. The lowest BCUT2D eigenvalue weighted by Gasteiger charge is -2.31. The van der Waals surface area contributed by atoms with E-state index in [1.807, 2.05) is 30.2 Å². The van der Waals surface area contributed by atoms with Crippen molar-refractivity contribution < 1.29 is 4.79 Å². The Bertz CT molecular complexity index is 527. The van der Waals surface area contributed by atoms with Gasteiger partial charge in [0.15, 0.2) is 0 Å². The van der Waals surface area contributed by atoms with Crippen LogP contribution in [0.3, 0.4) is 0 Å². The van der Waals surface area contributed by atoms with E-state index in [9.17, 15) is 4.79 Å². The zero-order valence-electron chi connectivity index (χ0n) is 10.7. The maximum absolute atomic E-state index is 12.6. The Morgan fingerprint density at radius 1 is 1.50 bits per heavy atom. The van der Waals surface area contributed by atoms with Gasteiger partial charge < -0.3 is 4.90 Å². The molecule has 2 aliphatic rings. The number of rotatable bonds is 1. The molecule has 1 saturated heterocycles. The second-order valence-electron chi connectivity index (χ2n) is 5.37. The lowest BCUT2D eigenvalue weighted by molar-refractivity contribution is -0.119. The maximum Gasteiger partial charge on any atom is 0.240 e. The number of nitrogens with zero attached hydrogens (tertiary/aromatic N) is 1. The Morgan fingerprint density at radius 3 is 2.94 bits per heavy atom. The molecule has 0 aromatic heterocycles. The van der Waals surface area contributed by atoms with Gasteiger partial charge >= 0.3 is 0 Å². The van der Waals surface area contributed by atoms with Crippen LogP contribution >= 0.6 is 11.8 Å². The number of hydrogen-bond acceptors (Lipinski definition) is 2. The van der Waals surface area contributed by atoms with Gasteiger partial charge in [-0.15, -0.1) is 18.3 Å². The van der Waals surface area contributed by atoms with Gasteiger partial charge in [0.2, 0.25) is 5.91 Å². The highest BCUT2D eigenvalue weighted by Gasteiger charge is 2.50. The average Bonchev–Trinajstić information content (AvgIpc) is 2.71. The molecule has 18 heavy (non-hydrogen) atoms. The molecule has 0 saturated carbocycles. The molecule has 2 nitrogen and oxygen atoms in total. The van der Waals surface area contributed by atoms with E-state index < -0.39 is 0 Å². The molecule has 2 aliphatic heterocycles. The van der Waals surface area contributed by atoms with E-state index in [1.165, 1.54) is 5.56 Å². The highest BCUT2D eigenvalue weighted by atomic mass is 32.2. The topological polar surface area (TPSA) is 20.3 Å². The van der Waals surface area contributed by atoms with E-state index in [0.717, 1.165) is 12.1 Å². The van der Waals surface area contributed by atoms with Crippen molar-refractivity contribution in [3.8, 4) is 0 Å². The number of para-hydroxylation sites is 1. The summed E-state index contributed by atoms with van der Waals surface area (Å²) in [5.74, 6) is 0.204. The third kappa shape index (κ3) is 1.46. The normalized spacial score (nSPS) is 34.1. The smallest absolute Gasteiger partial charge is 0.240 e. The Labute approximate surface area is 112 Å². The van der Waals surface area contributed by atoms with Gasteiger partial charge in [-0.25, -0.2) is 0 Å². The van der Waals surface area contributed by atoms with E-state index in [1.54, 1.807) is 11.8 Å². The predicted molar refractivity (Wildman–Crippen MR) is 76.9 cm³/mol. The summed E-state index contributed by atoms with van der Waals surface area (Å²) < 4.78 is 0. The molecule has 1 amide bonds. The number of amides is 1. The van der Waals surface area contributed by atoms with E-state index >= 15 is 0 Å². The second kappa shape index (κ2) is 3.89. The van der Waals surface area contributed by atoms with E-state index in [-0.39, 0.29) is 16.6 Å². The lowest BCUT2D eigenvalue weighted by atomic mass is 9.79. The molecule has 2 bridgehead atoms. The van der Waals surface area contributed by atoms with Crippen LogP contribution in [-0.4, -0.2) is 18.2 Å². The van der Waals surface area contributed by atoms with Crippen LogP contribution in [0.2, 0.25) is 0 Å². The van der Waals surface area contributed by atoms with Gasteiger partial charge in [-0.3, -0.25) is 4.79 Å². The van der Waals surface area contributed by atoms with Crippen LogP contribution in [0, 0.1) is 5.41 Å². The third-order valence-corrected chi connectivity index (χ3v) is 5.95. The first kappa shape index (κ1) is 11.8. The summed E-state index contributed by atoms with van der Waals surface area (Å²) in [7, 11) is 1.88. The number of allylic oxidation sites excluding steroid dienone is 1. The van der Waals surface area contributed by atoms with Crippen molar-refractivity contribution in [1.82, 2.24) is 0 Å². The molecule has 0 radical (unpaired) electrons. The number of fused-ring (bicyclic) bond motifs is 4. The number of hydrogen-bond donors (Lipinski definition) is 0. The van der Waals surface area contributed by atoms with Crippen LogP contribution in [0.5, 0.6) is 0 Å². The van der Waals surface area contributed by atoms with Crippen LogP contribution in [0.15, 0.2) is 36.9 Å². The van der Waals surface area contributed by atoms with Crippen molar-refractivity contribution in [1.29, 1.82) is 0 Å². The Morgan fingerprint density at radius 2 is 2.22 bits per heavy atom. The van der Waals surface area contributed by atoms with Crippen molar-refractivity contribution >= 4 is 23.4 Å². The number of carbonyl (C=O) groups is 1. The SMILES string of the molecule is C=C[C@@]1(C)C[C@H]2S[C@@H]1C(=O)N(C)c1ccccc12. The van der Waals surface area contributed by atoms with Crippen molar-refractivity contribution in [3.05, 3.63) is 42.5 Å². The Kier molecular flexibility index (Phi) is 2.56. The molecule has 3 rings (SSSR count). The standard InChI is InChI=1S/C15H17NOS/c1-4-15(2)9-12-10-7-5-6-8-11(10)16(3)14(17)13(15)18-12/h4-8,12-13H,1,9H2,2-3H3/t12-,13-,15+/m1/s1. The average molecular weight is 259 g/mol. The quantitative estimate of drug-likeness (QED) is 0.720. The first-order chi connectivity index (χ1) is 8.57. The van der Waals surface area contributed by atoms with Crippen LogP contribution in [0.4, 0.5) is 5.69 Å². The third-order valence-electron chi connectivity index (χ3n) is 4.19. The summed E-state index contributed by atoms with van der Waals surface area (Å²) in [5.41, 5.74) is 2.26. The zero-order chi connectivity index (χ0) is 12.9. The Balaban J connectivity index is 2.17. The van der Waals surface area contributed by atoms with Crippen LogP contribution < -0.4 is 4.90 Å². The van der Waals surface area contributed by atoms with E-state index in [4.69, 9.17) is 0 Å². The highest BCUT2D eigenvalue weighted by molar-refractivity contribution is 8.01. The summed E-state index contributed by atoms with van der Waals surface area (Å²) in [6.07, 6.45) is 2.97. The van der Waals surface area contributed by atoms with Crippen molar-refractivity contribution in [2.45, 2.75) is 23.8 Å². The molecule has 94 valence electrons. The fourth-order valence-corrected chi connectivity index (χ4v) is 4.86. The van der Waals surface area contributed by atoms with Gasteiger partial charge in [-0.1, -0.05) is 31.2 Å². The van der Waals surface area contributed by atoms with Crippen LogP contribution in [0.25, 0.3) is 0 Å². The molecule has 3 atom stereocenters. The minimum absolute atomic E-state index is 0.00241. The molecule has 2 heterocycles. The van der Waals surface area contributed by atoms with Gasteiger partial charge in [-0.2, -0.15) is 0 Å². The van der Waals surface area contributed by atoms with Crippen molar-refractivity contribution in [2.24, 2.45) is 5.41 Å². The molecule has 3 heteroatoms. The van der Waals surface area contributed by atoms with E-state index in [2.05, 4.69) is 25.6 Å². The van der Waals surface area contributed by atoms with Crippen molar-refractivity contribution in [2.75, 3.05) is 11.9 Å². The highest BCUT2D eigenvalue weighted by Crippen LogP contribution is 2.59. The molecule has 1 fully saturated rings. The molecule has 0 unspecified atom stereocenters. The first-order valence-electron chi connectivity index (χ1n) is 6.22. The number of anilines is 1. The number of carbonyl (C=O) groups excluding carboxylic acids is 1. The van der Waals surface area contributed by atoms with Gasteiger partial charge in [0.25, 0.3) is 0 Å². The first-order valence-corrected chi connectivity index (χ1v) is 7.16. The van der Waals surface area contributed by atoms with Gasteiger partial charge in [0.1, 0.15) is 0 Å². The number of thioether (sulfide) groups is 1. The molecule has 0 spiro atoms. The summed E-state index contributed by atoms with van der Waals surface area (Å²) in [6.45, 7) is 6.09. The van der Waals surface area contributed by atoms with Crippen LogP contribution in [-0.2, 0) is 4.79 Å². The summed E-state index contributed by atoms with van der Waals surface area (Å²) in [4.78, 5) is 14.4. The predicted octanol–water partition coefficient (Wildman–Crippen LogP) is 3.40. The van der Waals surface area contributed by atoms with Gasteiger partial charge in [0, 0.05) is 23.4 Å². The molecular weight excluding hydrogens is 242 g/mol. The molecule has 1 aromatic carbocycles. The lowest BCUT2D eigenvalue weighted by Crippen LogP contribution is -2.41. The monoisotopic (exact) mass is 259 g/mol. The minimum atomic E-state index is -0.0891. The molecule has 0 N–H and O–H groups in total.